The fraction of sp³-hybridized carbons (Fsp3) is 0.375. The number of hydrogen-bond acceptors (Lipinski definition) is 5. The lowest BCUT2D eigenvalue weighted by Crippen LogP contribution is -2.38. The van der Waals surface area contributed by atoms with E-state index in [1.54, 1.807) is 36.2 Å². The number of ether oxygens (including phenoxy) is 1. The average Bonchev–Trinajstić information content (AvgIpc) is 3.25. The normalized spacial score (nSPS) is 17.0. The summed E-state index contributed by atoms with van der Waals surface area (Å²) in [5.41, 5.74) is 0.258. The van der Waals surface area contributed by atoms with Crippen molar-refractivity contribution in [1.82, 2.24) is 15.4 Å². The molecule has 128 valence electrons. The molecule has 0 spiro atoms. The van der Waals surface area contributed by atoms with Crippen LogP contribution >= 0.6 is 23.2 Å². The van der Waals surface area contributed by atoms with Crippen molar-refractivity contribution in [2.45, 2.75) is 19.1 Å². The summed E-state index contributed by atoms with van der Waals surface area (Å²) in [7, 11) is 1.77. The van der Waals surface area contributed by atoms with Gasteiger partial charge in [-0.3, -0.25) is 4.79 Å². The zero-order valence-corrected chi connectivity index (χ0v) is 14.6. The largest absolute Gasteiger partial charge is 0.482 e. The van der Waals surface area contributed by atoms with Crippen LogP contribution in [0.2, 0.25) is 10.0 Å². The highest BCUT2D eigenvalue weighted by Crippen LogP contribution is 2.32. The molecule has 1 saturated heterocycles. The molecule has 1 atom stereocenters. The van der Waals surface area contributed by atoms with Crippen LogP contribution in [-0.2, 0) is 6.61 Å². The fourth-order valence-electron chi connectivity index (χ4n) is 2.56. The predicted octanol–water partition coefficient (Wildman–Crippen LogP) is 2.99. The van der Waals surface area contributed by atoms with Gasteiger partial charge in [0, 0.05) is 25.7 Å². The van der Waals surface area contributed by atoms with E-state index in [1.807, 2.05) is 0 Å². The smallest absolute Gasteiger partial charge is 0.276 e. The van der Waals surface area contributed by atoms with Gasteiger partial charge in [0.05, 0.1) is 10.0 Å². The quantitative estimate of drug-likeness (QED) is 0.877. The monoisotopic (exact) mass is 369 g/mol. The van der Waals surface area contributed by atoms with Crippen molar-refractivity contribution < 1.29 is 14.1 Å². The number of carbonyl (C=O) groups is 1. The van der Waals surface area contributed by atoms with Crippen LogP contribution in [0.15, 0.2) is 28.8 Å². The number of para-hydroxylation sites is 1. The molecule has 3 rings (SSSR count). The number of amides is 1. The summed E-state index contributed by atoms with van der Waals surface area (Å²) in [4.78, 5) is 14.1. The molecule has 1 aliphatic heterocycles. The Balaban J connectivity index is 1.64. The second-order valence-corrected chi connectivity index (χ2v) is 6.40. The highest BCUT2D eigenvalue weighted by molar-refractivity contribution is 6.37. The summed E-state index contributed by atoms with van der Waals surface area (Å²) in [6.45, 7) is 1.79. The van der Waals surface area contributed by atoms with Crippen molar-refractivity contribution >= 4 is 29.1 Å². The van der Waals surface area contributed by atoms with E-state index in [-0.39, 0.29) is 24.2 Å². The van der Waals surface area contributed by atoms with Gasteiger partial charge in [-0.05, 0) is 25.1 Å². The molecule has 24 heavy (non-hydrogen) atoms. The summed E-state index contributed by atoms with van der Waals surface area (Å²) in [5, 5.41) is 7.88. The van der Waals surface area contributed by atoms with E-state index in [1.165, 1.54) is 0 Å². The summed E-state index contributed by atoms with van der Waals surface area (Å²) in [5.74, 6) is 0.626. The van der Waals surface area contributed by atoms with Gasteiger partial charge in [0.2, 0.25) is 0 Å². The third-order valence-electron chi connectivity index (χ3n) is 3.96. The van der Waals surface area contributed by atoms with E-state index in [0.29, 0.717) is 21.6 Å². The van der Waals surface area contributed by atoms with Crippen molar-refractivity contribution in [3.63, 3.8) is 0 Å². The van der Waals surface area contributed by atoms with Crippen LogP contribution in [0.3, 0.4) is 0 Å². The predicted molar refractivity (Wildman–Crippen MR) is 90.7 cm³/mol. The van der Waals surface area contributed by atoms with Gasteiger partial charge in [-0.25, -0.2) is 0 Å². The molecule has 0 saturated carbocycles. The van der Waals surface area contributed by atoms with Crippen molar-refractivity contribution in [3.8, 4) is 5.75 Å². The molecule has 1 amide bonds. The van der Waals surface area contributed by atoms with E-state index < -0.39 is 0 Å². The summed E-state index contributed by atoms with van der Waals surface area (Å²) in [6.07, 6.45) is 0.932. The minimum atomic E-state index is -0.172. The third kappa shape index (κ3) is 3.66. The number of nitrogens with one attached hydrogen (secondary N) is 1. The maximum Gasteiger partial charge on any atom is 0.276 e. The van der Waals surface area contributed by atoms with Crippen molar-refractivity contribution in [2.75, 3.05) is 20.1 Å². The Morgan fingerprint density at radius 1 is 1.46 bits per heavy atom. The van der Waals surface area contributed by atoms with Gasteiger partial charge in [-0.15, -0.1) is 0 Å². The Bertz CT molecular complexity index is 709. The van der Waals surface area contributed by atoms with E-state index in [0.717, 1.165) is 19.5 Å². The number of aromatic nitrogens is 1. The van der Waals surface area contributed by atoms with Gasteiger partial charge in [-0.1, -0.05) is 34.4 Å². The number of nitrogens with zero attached hydrogens (tertiary/aromatic N) is 2. The Kier molecular flexibility index (Phi) is 5.28. The maximum absolute atomic E-state index is 12.4. The molecular weight excluding hydrogens is 353 g/mol. The standard InChI is InChI=1S/C16H17Cl2N3O3/c1-21(10-5-6-19-8-10)16(22)14-7-11(24-20-14)9-23-15-12(17)3-2-4-13(15)18/h2-4,7,10,19H,5-6,8-9H2,1H3. The number of carbonyl (C=O) groups excluding carboxylic acids is 1. The van der Waals surface area contributed by atoms with Gasteiger partial charge in [-0.2, -0.15) is 0 Å². The molecular formula is C16H17Cl2N3O3. The molecule has 1 aromatic carbocycles. The lowest BCUT2D eigenvalue weighted by Gasteiger charge is -2.22. The Hall–Kier alpha value is -1.76. The first-order valence-corrected chi connectivity index (χ1v) is 8.32. The van der Waals surface area contributed by atoms with Gasteiger partial charge in [0.15, 0.2) is 17.2 Å². The van der Waals surface area contributed by atoms with Crippen LogP contribution < -0.4 is 10.1 Å². The van der Waals surface area contributed by atoms with Crippen LogP contribution in [0.4, 0.5) is 0 Å². The lowest BCUT2D eigenvalue weighted by molar-refractivity contribution is 0.0733. The van der Waals surface area contributed by atoms with Gasteiger partial charge in [0.25, 0.3) is 5.91 Å². The fourth-order valence-corrected chi connectivity index (χ4v) is 3.07. The average molecular weight is 370 g/mol. The zero-order valence-electron chi connectivity index (χ0n) is 13.1. The summed E-state index contributed by atoms with van der Waals surface area (Å²) < 4.78 is 10.8. The minimum absolute atomic E-state index is 0.0818. The van der Waals surface area contributed by atoms with E-state index in [9.17, 15) is 4.79 Å². The van der Waals surface area contributed by atoms with Gasteiger partial charge in [0.1, 0.15) is 6.61 Å². The number of hydrogen-bond donors (Lipinski definition) is 1. The SMILES string of the molecule is CN(C(=O)c1cc(COc2c(Cl)cccc2Cl)on1)C1CCNC1. The number of rotatable bonds is 5. The highest BCUT2D eigenvalue weighted by atomic mass is 35.5. The molecule has 1 N–H and O–H groups in total. The molecule has 6 nitrogen and oxygen atoms in total. The topological polar surface area (TPSA) is 67.6 Å². The van der Waals surface area contributed by atoms with Crippen LogP contribution in [-0.4, -0.2) is 42.1 Å². The van der Waals surface area contributed by atoms with E-state index >= 15 is 0 Å². The molecule has 2 heterocycles. The van der Waals surface area contributed by atoms with Crippen molar-refractivity contribution in [2.24, 2.45) is 0 Å². The van der Waals surface area contributed by atoms with E-state index in [2.05, 4.69) is 10.5 Å². The Morgan fingerprint density at radius 3 is 2.88 bits per heavy atom. The molecule has 2 aromatic rings. The number of benzene rings is 1. The first-order valence-electron chi connectivity index (χ1n) is 7.56. The number of halogens is 2. The molecule has 1 aromatic heterocycles. The van der Waals surface area contributed by atoms with Crippen LogP contribution in [0.1, 0.15) is 22.7 Å². The molecule has 1 aliphatic rings. The van der Waals surface area contributed by atoms with Crippen LogP contribution in [0.5, 0.6) is 5.75 Å². The Morgan fingerprint density at radius 2 is 2.21 bits per heavy atom. The Labute approximate surface area is 149 Å². The highest BCUT2D eigenvalue weighted by Gasteiger charge is 2.26. The van der Waals surface area contributed by atoms with Gasteiger partial charge >= 0.3 is 0 Å². The third-order valence-corrected chi connectivity index (χ3v) is 4.55. The summed E-state index contributed by atoms with van der Waals surface area (Å²) in [6, 6.07) is 6.85. The first-order chi connectivity index (χ1) is 11.6. The zero-order chi connectivity index (χ0) is 17.1. The van der Waals surface area contributed by atoms with Crippen molar-refractivity contribution in [1.29, 1.82) is 0 Å². The molecule has 0 bridgehead atoms. The molecule has 1 fully saturated rings. The van der Waals surface area contributed by atoms with Crippen molar-refractivity contribution in [3.05, 3.63) is 45.8 Å². The first kappa shape index (κ1) is 17.1. The summed E-state index contributed by atoms with van der Waals surface area (Å²) >= 11 is 12.1. The van der Waals surface area contributed by atoms with Crippen LogP contribution in [0, 0.1) is 0 Å². The molecule has 8 heteroatoms. The molecule has 0 radical (unpaired) electrons. The van der Waals surface area contributed by atoms with Crippen LogP contribution in [0.25, 0.3) is 0 Å². The minimum Gasteiger partial charge on any atom is -0.482 e. The lowest BCUT2D eigenvalue weighted by atomic mass is 10.2. The van der Waals surface area contributed by atoms with Gasteiger partial charge < -0.3 is 19.5 Å². The second-order valence-electron chi connectivity index (χ2n) is 5.58. The number of likely N-dealkylation sites (N-methyl/N-ethyl adjacent to an activating group) is 1. The van der Waals surface area contributed by atoms with E-state index in [4.69, 9.17) is 32.5 Å². The maximum atomic E-state index is 12.4. The second kappa shape index (κ2) is 7.42. The molecule has 0 aliphatic carbocycles. The molecule has 1 unspecified atom stereocenters.